The number of carboxylic acids is 1. The third-order valence-electron chi connectivity index (χ3n) is 1.51. The Morgan fingerprint density at radius 2 is 2.25 bits per heavy atom. The number of carbonyl (C=O) groups is 1. The first kappa shape index (κ1) is 11.2. The van der Waals surface area contributed by atoms with E-state index in [1.54, 1.807) is 12.1 Å². The van der Waals surface area contributed by atoms with Crippen molar-refractivity contribution in [2.75, 3.05) is 5.75 Å². The van der Waals surface area contributed by atoms with Gasteiger partial charge in [0.15, 0.2) is 10.4 Å². The van der Waals surface area contributed by atoms with E-state index in [-0.39, 0.29) is 16.9 Å². The van der Waals surface area contributed by atoms with Gasteiger partial charge < -0.3 is 13.9 Å². The van der Waals surface area contributed by atoms with Crippen LogP contribution in [0.25, 0.3) is 11.7 Å². The summed E-state index contributed by atoms with van der Waals surface area (Å²) in [6.45, 7) is 0. The quantitative estimate of drug-likeness (QED) is 0.866. The monoisotopic (exact) mass is 304 g/mol. The molecule has 1 N–H and O–H groups in total. The summed E-state index contributed by atoms with van der Waals surface area (Å²) in [5.41, 5.74) is 0. The average molecular weight is 305 g/mol. The molecule has 84 valence electrons. The molecule has 0 saturated carbocycles. The van der Waals surface area contributed by atoms with Gasteiger partial charge in [-0.2, -0.15) is 0 Å². The zero-order valence-corrected chi connectivity index (χ0v) is 10.1. The molecule has 0 aromatic carbocycles. The van der Waals surface area contributed by atoms with Crippen LogP contribution in [0.3, 0.4) is 0 Å². The molecule has 0 saturated heterocycles. The number of halogens is 1. The van der Waals surface area contributed by atoms with Crippen molar-refractivity contribution in [2.45, 2.75) is 5.22 Å². The van der Waals surface area contributed by atoms with E-state index >= 15 is 0 Å². The summed E-state index contributed by atoms with van der Waals surface area (Å²) >= 11 is 4.10. The van der Waals surface area contributed by atoms with Gasteiger partial charge in [0.1, 0.15) is 5.75 Å². The van der Waals surface area contributed by atoms with Crippen molar-refractivity contribution in [2.24, 2.45) is 0 Å². The van der Waals surface area contributed by atoms with E-state index in [4.69, 9.17) is 13.9 Å². The minimum atomic E-state index is -0.939. The lowest BCUT2D eigenvalue weighted by Gasteiger charge is -1.88. The van der Waals surface area contributed by atoms with Crippen molar-refractivity contribution >= 4 is 33.7 Å². The predicted molar refractivity (Wildman–Crippen MR) is 58.1 cm³/mol. The van der Waals surface area contributed by atoms with Crippen LogP contribution < -0.4 is 0 Å². The summed E-state index contributed by atoms with van der Waals surface area (Å²) in [6.07, 6.45) is 0. The first-order valence-corrected chi connectivity index (χ1v) is 5.87. The molecule has 2 aromatic rings. The van der Waals surface area contributed by atoms with Gasteiger partial charge in [-0.25, -0.2) is 0 Å². The standard InChI is InChI=1S/C8H5BrN2O4S/c9-5-2-1-4(14-5)7-10-11-8(15-7)16-3-6(12)13/h1-2H,3H2,(H,12,13). The number of rotatable bonds is 4. The second-order valence-corrected chi connectivity index (χ2v) is 4.37. The second kappa shape index (κ2) is 4.71. The molecule has 0 bridgehead atoms. The lowest BCUT2D eigenvalue weighted by Crippen LogP contribution is -1.97. The molecule has 0 aliphatic heterocycles. The first-order chi connectivity index (χ1) is 7.65. The van der Waals surface area contributed by atoms with Crippen molar-refractivity contribution < 1.29 is 18.7 Å². The number of hydrogen-bond donors (Lipinski definition) is 1. The van der Waals surface area contributed by atoms with Crippen molar-refractivity contribution in [3.8, 4) is 11.7 Å². The van der Waals surface area contributed by atoms with Gasteiger partial charge >= 0.3 is 5.97 Å². The highest BCUT2D eigenvalue weighted by molar-refractivity contribution is 9.10. The van der Waals surface area contributed by atoms with Gasteiger partial charge in [0.05, 0.1) is 0 Å². The lowest BCUT2D eigenvalue weighted by atomic mass is 10.5. The first-order valence-electron chi connectivity index (χ1n) is 4.09. The Morgan fingerprint density at radius 1 is 1.44 bits per heavy atom. The average Bonchev–Trinajstić information content (AvgIpc) is 2.83. The van der Waals surface area contributed by atoms with Gasteiger partial charge in [-0.15, -0.1) is 10.2 Å². The molecule has 16 heavy (non-hydrogen) atoms. The smallest absolute Gasteiger partial charge is 0.314 e. The summed E-state index contributed by atoms with van der Waals surface area (Å²) in [4.78, 5) is 10.3. The zero-order chi connectivity index (χ0) is 11.5. The molecule has 0 fully saturated rings. The maximum Gasteiger partial charge on any atom is 0.314 e. The topological polar surface area (TPSA) is 89.4 Å². The van der Waals surface area contributed by atoms with Gasteiger partial charge in [0, 0.05) is 0 Å². The number of thioether (sulfide) groups is 1. The number of nitrogens with zero attached hydrogens (tertiary/aromatic N) is 2. The number of carboxylic acid groups (broad SMARTS) is 1. The second-order valence-electron chi connectivity index (χ2n) is 2.66. The Kier molecular flexibility index (Phi) is 3.30. The van der Waals surface area contributed by atoms with Crippen LogP contribution in [0.15, 0.2) is 30.9 Å². The highest BCUT2D eigenvalue weighted by Crippen LogP contribution is 2.26. The Labute approximate surface area is 102 Å². The lowest BCUT2D eigenvalue weighted by molar-refractivity contribution is -0.133. The van der Waals surface area contributed by atoms with Crippen molar-refractivity contribution in [1.82, 2.24) is 10.2 Å². The molecule has 8 heteroatoms. The third-order valence-corrected chi connectivity index (χ3v) is 2.74. The molecule has 2 rings (SSSR count). The molecule has 0 atom stereocenters. The summed E-state index contributed by atoms with van der Waals surface area (Å²) in [6, 6.07) is 3.37. The minimum absolute atomic E-state index is 0.122. The highest BCUT2D eigenvalue weighted by atomic mass is 79.9. The SMILES string of the molecule is O=C(O)CSc1nnc(-c2ccc(Br)o2)o1. The predicted octanol–water partition coefficient (Wildman–Crippen LogP) is 2.27. The van der Waals surface area contributed by atoms with E-state index in [1.165, 1.54) is 0 Å². The molecule has 0 aliphatic carbocycles. The van der Waals surface area contributed by atoms with Crippen LogP contribution in [-0.4, -0.2) is 27.0 Å². The fourth-order valence-electron chi connectivity index (χ4n) is 0.920. The fourth-order valence-corrected chi connectivity index (χ4v) is 1.71. The Hall–Kier alpha value is -1.28. The van der Waals surface area contributed by atoms with Crippen LogP contribution in [0.2, 0.25) is 0 Å². The molecule has 2 heterocycles. The highest BCUT2D eigenvalue weighted by Gasteiger charge is 2.13. The molecule has 0 aliphatic rings. The van der Waals surface area contributed by atoms with Gasteiger partial charge in [-0.05, 0) is 28.1 Å². The maximum atomic E-state index is 10.3. The number of aliphatic carboxylic acids is 1. The van der Waals surface area contributed by atoms with Gasteiger partial charge in [-0.3, -0.25) is 4.79 Å². The molecule has 0 spiro atoms. The maximum absolute atomic E-state index is 10.3. The largest absolute Gasteiger partial charge is 0.481 e. The Bertz CT molecular complexity index is 510. The van der Waals surface area contributed by atoms with Crippen LogP contribution in [0.5, 0.6) is 0 Å². The molecule has 2 aromatic heterocycles. The van der Waals surface area contributed by atoms with Crippen LogP contribution in [0, 0.1) is 0 Å². The molecule has 0 unspecified atom stereocenters. The Morgan fingerprint density at radius 3 is 2.88 bits per heavy atom. The Balaban J connectivity index is 2.10. The fraction of sp³-hybridized carbons (Fsp3) is 0.125. The number of aromatic nitrogens is 2. The van der Waals surface area contributed by atoms with E-state index in [1.807, 2.05) is 0 Å². The molecular weight excluding hydrogens is 300 g/mol. The van der Waals surface area contributed by atoms with E-state index in [2.05, 4.69) is 26.1 Å². The summed E-state index contributed by atoms with van der Waals surface area (Å²) in [5, 5.41) is 16.1. The zero-order valence-electron chi connectivity index (χ0n) is 7.71. The van der Waals surface area contributed by atoms with Gasteiger partial charge in [-0.1, -0.05) is 11.8 Å². The van der Waals surface area contributed by atoms with E-state index < -0.39 is 5.97 Å². The van der Waals surface area contributed by atoms with Crippen molar-refractivity contribution in [3.05, 3.63) is 16.8 Å². The molecule has 6 nitrogen and oxygen atoms in total. The van der Waals surface area contributed by atoms with Crippen LogP contribution in [0.4, 0.5) is 0 Å². The summed E-state index contributed by atoms with van der Waals surface area (Å²) in [7, 11) is 0. The van der Waals surface area contributed by atoms with Crippen LogP contribution >= 0.6 is 27.7 Å². The van der Waals surface area contributed by atoms with Gasteiger partial charge in [0.25, 0.3) is 11.1 Å². The molecule has 0 amide bonds. The summed E-state index contributed by atoms with van der Waals surface area (Å²) in [5.74, 6) is -0.408. The number of hydrogen-bond acceptors (Lipinski definition) is 6. The van der Waals surface area contributed by atoms with Crippen molar-refractivity contribution in [1.29, 1.82) is 0 Å². The van der Waals surface area contributed by atoms with E-state index in [0.29, 0.717) is 10.4 Å². The molecule has 0 radical (unpaired) electrons. The van der Waals surface area contributed by atoms with Crippen LogP contribution in [0.1, 0.15) is 0 Å². The van der Waals surface area contributed by atoms with Gasteiger partial charge in [0.2, 0.25) is 0 Å². The molecular formula is C8H5BrN2O4S. The normalized spacial score (nSPS) is 10.6. The van der Waals surface area contributed by atoms with Crippen molar-refractivity contribution in [3.63, 3.8) is 0 Å². The summed E-state index contributed by atoms with van der Waals surface area (Å²) < 4.78 is 11.0. The van der Waals surface area contributed by atoms with E-state index in [9.17, 15) is 4.79 Å². The number of furan rings is 1. The van der Waals surface area contributed by atoms with E-state index in [0.717, 1.165) is 11.8 Å². The third kappa shape index (κ3) is 2.64. The van der Waals surface area contributed by atoms with Crippen LogP contribution in [-0.2, 0) is 4.79 Å². The minimum Gasteiger partial charge on any atom is -0.481 e.